The molecule has 0 atom stereocenters. The van der Waals surface area contributed by atoms with Gasteiger partial charge in [0.2, 0.25) is 0 Å². The van der Waals surface area contributed by atoms with Crippen molar-refractivity contribution in [1.29, 1.82) is 0 Å². The molecular weight excluding hydrogens is 124 g/mol. The molecule has 10 heavy (non-hydrogen) atoms. The Bertz CT molecular complexity index is 116. The van der Waals surface area contributed by atoms with Gasteiger partial charge in [-0.1, -0.05) is 25.8 Å². The van der Waals surface area contributed by atoms with Crippen molar-refractivity contribution in [3.05, 3.63) is 11.6 Å². The summed E-state index contributed by atoms with van der Waals surface area (Å²) < 4.78 is 5.20. The van der Waals surface area contributed by atoms with Crippen molar-refractivity contribution in [1.82, 2.24) is 0 Å². The number of rotatable bonds is 4. The molecular formula is C9H16O. The number of unbranched alkanes of at least 4 members (excludes halogenated alkanes) is 2. The molecule has 1 aliphatic rings. The minimum Gasteiger partial charge on any atom is -0.373 e. The first-order valence-electron chi connectivity index (χ1n) is 4.19. The Labute approximate surface area is 63.1 Å². The van der Waals surface area contributed by atoms with Gasteiger partial charge in [-0.05, 0) is 18.4 Å². The van der Waals surface area contributed by atoms with E-state index in [9.17, 15) is 0 Å². The third-order valence-corrected chi connectivity index (χ3v) is 1.88. The second kappa shape index (κ2) is 4.51. The third-order valence-electron chi connectivity index (χ3n) is 1.88. The minimum atomic E-state index is 0.849. The van der Waals surface area contributed by atoms with Crippen molar-refractivity contribution in [2.45, 2.75) is 32.6 Å². The van der Waals surface area contributed by atoms with Crippen LogP contribution < -0.4 is 0 Å². The first-order valence-corrected chi connectivity index (χ1v) is 4.19. The molecule has 0 fully saturated rings. The van der Waals surface area contributed by atoms with Crippen LogP contribution in [-0.2, 0) is 4.74 Å². The standard InChI is InChI=1S/C9H16O/c1-2-3-4-5-9-6-7-10-8-9/h6H,2-5,7-8H2,1H3. The molecule has 0 amide bonds. The van der Waals surface area contributed by atoms with E-state index in [0.29, 0.717) is 0 Å². The van der Waals surface area contributed by atoms with Crippen LogP contribution in [0.4, 0.5) is 0 Å². The van der Waals surface area contributed by atoms with Crippen LogP contribution in [0.2, 0.25) is 0 Å². The smallest absolute Gasteiger partial charge is 0.0681 e. The van der Waals surface area contributed by atoms with Crippen LogP contribution in [0.5, 0.6) is 0 Å². The molecule has 0 saturated carbocycles. The number of hydrogen-bond acceptors (Lipinski definition) is 1. The van der Waals surface area contributed by atoms with Crippen LogP contribution in [0.3, 0.4) is 0 Å². The Morgan fingerprint density at radius 2 is 2.40 bits per heavy atom. The van der Waals surface area contributed by atoms with Crippen molar-refractivity contribution < 1.29 is 4.74 Å². The highest BCUT2D eigenvalue weighted by molar-refractivity contribution is 5.06. The van der Waals surface area contributed by atoms with E-state index in [4.69, 9.17) is 4.74 Å². The van der Waals surface area contributed by atoms with E-state index >= 15 is 0 Å². The Kier molecular flexibility index (Phi) is 3.52. The van der Waals surface area contributed by atoms with Gasteiger partial charge in [0.1, 0.15) is 0 Å². The summed E-state index contributed by atoms with van der Waals surface area (Å²) in [7, 11) is 0. The zero-order valence-electron chi connectivity index (χ0n) is 6.73. The van der Waals surface area contributed by atoms with E-state index in [1.54, 1.807) is 0 Å². The highest BCUT2D eigenvalue weighted by Crippen LogP contribution is 2.12. The fourth-order valence-electron chi connectivity index (χ4n) is 1.20. The Morgan fingerprint density at radius 1 is 1.50 bits per heavy atom. The second-order valence-corrected chi connectivity index (χ2v) is 2.83. The van der Waals surface area contributed by atoms with E-state index in [1.807, 2.05) is 0 Å². The lowest BCUT2D eigenvalue weighted by Crippen LogP contribution is -1.87. The average molecular weight is 140 g/mol. The maximum absolute atomic E-state index is 5.20. The van der Waals surface area contributed by atoms with Crippen LogP contribution in [0.15, 0.2) is 11.6 Å². The highest BCUT2D eigenvalue weighted by atomic mass is 16.5. The van der Waals surface area contributed by atoms with E-state index in [2.05, 4.69) is 13.0 Å². The van der Waals surface area contributed by atoms with Crippen molar-refractivity contribution in [2.75, 3.05) is 13.2 Å². The number of ether oxygens (including phenoxy) is 1. The summed E-state index contributed by atoms with van der Waals surface area (Å²) in [5.74, 6) is 0. The molecule has 1 heteroatoms. The fourth-order valence-corrected chi connectivity index (χ4v) is 1.20. The summed E-state index contributed by atoms with van der Waals surface area (Å²) in [5.41, 5.74) is 1.51. The highest BCUT2D eigenvalue weighted by Gasteiger charge is 2.02. The Balaban J connectivity index is 2.01. The van der Waals surface area contributed by atoms with Crippen molar-refractivity contribution in [2.24, 2.45) is 0 Å². The van der Waals surface area contributed by atoms with Crippen molar-refractivity contribution in [3.8, 4) is 0 Å². The molecule has 0 unspecified atom stereocenters. The van der Waals surface area contributed by atoms with Gasteiger partial charge in [-0.15, -0.1) is 0 Å². The summed E-state index contributed by atoms with van der Waals surface area (Å²) in [6.07, 6.45) is 7.49. The van der Waals surface area contributed by atoms with Crippen LogP contribution >= 0.6 is 0 Å². The van der Waals surface area contributed by atoms with Gasteiger partial charge in [-0.25, -0.2) is 0 Å². The molecule has 1 rings (SSSR count). The summed E-state index contributed by atoms with van der Waals surface area (Å²) in [5, 5.41) is 0. The molecule has 58 valence electrons. The zero-order valence-corrected chi connectivity index (χ0v) is 6.73. The summed E-state index contributed by atoms with van der Waals surface area (Å²) in [6, 6.07) is 0. The topological polar surface area (TPSA) is 9.23 Å². The van der Waals surface area contributed by atoms with E-state index in [-0.39, 0.29) is 0 Å². The first kappa shape index (κ1) is 7.80. The van der Waals surface area contributed by atoms with Crippen molar-refractivity contribution >= 4 is 0 Å². The van der Waals surface area contributed by atoms with E-state index in [1.165, 1.54) is 31.3 Å². The van der Waals surface area contributed by atoms with Gasteiger partial charge < -0.3 is 4.74 Å². The monoisotopic (exact) mass is 140 g/mol. The molecule has 1 nitrogen and oxygen atoms in total. The maximum Gasteiger partial charge on any atom is 0.0681 e. The zero-order chi connectivity index (χ0) is 7.23. The lowest BCUT2D eigenvalue weighted by molar-refractivity contribution is 0.206. The van der Waals surface area contributed by atoms with Crippen LogP contribution in [-0.4, -0.2) is 13.2 Å². The predicted octanol–water partition coefficient (Wildman–Crippen LogP) is 2.52. The SMILES string of the molecule is CCCCCC1=CCOC1. The average Bonchev–Trinajstić information content (AvgIpc) is 2.41. The normalized spacial score (nSPS) is 17.5. The Morgan fingerprint density at radius 3 is 3.00 bits per heavy atom. The molecule has 1 aliphatic heterocycles. The molecule has 0 bridgehead atoms. The van der Waals surface area contributed by atoms with Crippen LogP contribution in [0.1, 0.15) is 32.6 Å². The molecule has 0 aromatic heterocycles. The van der Waals surface area contributed by atoms with Gasteiger partial charge in [-0.3, -0.25) is 0 Å². The molecule has 0 aromatic carbocycles. The number of hydrogen-bond donors (Lipinski definition) is 0. The van der Waals surface area contributed by atoms with Gasteiger partial charge >= 0.3 is 0 Å². The lowest BCUT2D eigenvalue weighted by Gasteiger charge is -1.98. The van der Waals surface area contributed by atoms with Gasteiger partial charge in [0, 0.05) is 0 Å². The van der Waals surface area contributed by atoms with Crippen molar-refractivity contribution in [3.63, 3.8) is 0 Å². The molecule has 0 aliphatic carbocycles. The predicted molar refractivity (Wildman–Crippen MR) is 43.0 cm³/mol. The second-order valence-electron chi connectivity index (χ2n) is 2.83. The summed E-state index contributed by atoms with van der Waals surface area (Å²) in [4.78, 5) is 0. The molecule has 1 heterocycles. The molecule has 0 spiro atoms. The Hall–Kier alpha value is -0.300. The van der Waals surface area contributed by atoms with E-state index in [0.717, 1.165) is 13.2 Å². The van der Waals surface area contributed by atoms with Gasteiger partial charge in [0.25, 0.3) is 0 Å². The molecule has 0 aromatic rings. The van der Waals surface area contributed by atoms with Gasteiger partial charge in [0.05, 0.1) is 13.2 Å². The molecule has 0 saturated heterocycles. The van der Waals surface area contributed by atoms with Gasteiger partial charge in [0.15, 0.2) is 0 Å². The lowest BCUT2D eigenvalue weighted by atomic mass is 10.1. The first-order chi connectivity index (χ1) is 4.93. The largest absolute Gasteiger partial charge is 0.373 e. The molecule has 0 N–H and O–H groups in total. The minimum absolute atomic E-state index is 0.849. The fraction of sp³-hybridized carbons (Fsp3) is 0.778. The summed E-state index contributed by atoms with van der Waals surface area (Å²) >= 11 is 0. The maximum atomic E-state index is 5.20. The summed E-state index contributed by atoms with van der Waals surface area (Å²) in [6.45, 7) is 3.98. The van der Waals surface area contributed by atoms with Crippen LogP contribution in [0.25, 0.3) is 0 Å². The van der Waals surface area contributed by atoms with Crippen LogP contribution in [0, 0.1) is 0 Å². The van der Waals surface area contributed by atoms with Gasteiger partial charge in [-0.2, -0.15) is 0 Å². The third kappa shape index (κ3) is 2.53. The molecule has 0 radical (unpaired) electrons. The quantitative estimate of drug-likeness (QED) is 0.430. The van der Waals surface area contributed by atoms with E-state index < -0.39 is 0 Å².